The molecule has 0 saturated carbocycles. The molecule has 0 heterocycles. The van der Waals surface area contributed by atoms with Crippen LogP contribution in [0.2, 0.25) is 0 Å². The molecule has 108 valence electrons. The van der Waals surface area contributed by atoms with E-state index in [1.165, 1.54) is 7.11 Å². The molecule has 18 heavy (non-hydrogen) atoms. The molecule has 0 bridgehead atoms. The number of nitrogens with one attached hydrogen (secondary N) is 3. The van der Waals surface area contributed by atoms with Gasteiger partial charge in [-0.15, -0.1) is 12.4 Å². The van der Waals surface area contributed by atoms with E-state index in [1.54, 1.807) is 0 Å². The lowest BCUT2D eigenvalue weighted by atomic mass is 10.0. The van der Waals surface area contributed by atoms with Gasteiger partial charge in [0.15, 0.2) is 0 Å². The summed E-state index contributed by atoms with van der Waals surface area (Å²) in [6.07, 6.45) is 0. The zero-order valence-electron chi connectivity index (χ0n) is 11.4. The van der Waals surface area contributed by atoms with Gasteiger partial charge in [-0.3, -0.25) is 9.59 Å². The molecule has 0 aliphatic heterocycles. The second kappa shape index (κ2) is 11.3. The summed E-state index contributed by atoms with van der Waals surface area (Å²) in [5.41, 5.74) is 0. The van der Waals surface area contributed by atoms with Gasteiger partial charge in [0.1, 0.15) is 12.6 Å². The Morgan fingerprint density at radius 3 is 2.28 bits per heavy atom. The van der Waals surface area contributed by atoms with Crippen LogP contribution < -0.4 is 16.0 Å². The van der Waals surface area contributed by atoms with Crippen LogP contribution in [0.5, 0.6) is 0 Å². The second-order valence-corrected chi connectivity index (χ2v) is 4.12. The first kappa shape index (κ1) is 19.5. The van der Waals surface area contributed by atoms with Gasteiger partial charge in [0.25, 0.3) is 0 Å². The standard InChI is InChI=1S/C11H23N3O3.ClH/c1-8(2)10(14-9(15)7-17-4)11(16)13-6-5-12-3;/h8,10,12H,5-7H2,1-4H3,(H,13,16)(H,14,15);1H/t10-;/m0./s1. The Hall–Kier alpha value is -0.850. The van der Waals surface area contributed by atoms with Crippen LogP contribution in [0.1, 0.15) is 13.8 Å². The first-order valence-corrected chi connectivity index (χ1v) is 5.73. The summed E-state index contributed by atoms with van der Waals surface area (Å²) in [5.74, 6) is -0.417. The van der Waals surface area contributed by atoms with Gasteiger partial charge in [-0.25, -0.2) is 0 Å². The van der Waals surface area contributed by atoms with Gasteiger partial charge in [-0.05, 0) is 13.0 Å². The summed E-state index contributed by atoms with van der Waals surface area (Å²) < 4.78 is 4.71. The Bertz CT molecular complexity index is 250. The van der Waals surface area contributed by atoms with E-state index in [2.05, 4.69) is 16.0 Å². The van der Waals surface area contributed by atoms with Crippen molar-refractivity contribution in [3.8, 4) is 0 Å². The van der Waals surface area contributed by atoms with E-state index >= 15 is 0 Å². The topological polar surface area (TPSA) is 79.5 Å². The molecule has 0 aliphatic carbocycles. The van der Waals surface area contributed by atoms with E-state index in [0.717, 1.165) is 0 Å². The molecule has 0 rings (SSSR count). The average molecular weight is 282 g/mol. The Kier molecular flexibility index (Phi) is 12.2. The number of ether oxygens (including phenoxy) is 1. The van der Waals surface area contributed by atoms with Crippen LogP contribution >= 0.6 is 12.4 Å². The molecular formula is C11H24ClN3O3. The number of halogens is 1. The summed E-state index contributed by atoms with van der Waals surface area (Å²) in [4.78, 5) is 23.2. The first-order valence-electron chi connectivity index (χ1n) is 5.73. The van der Waals surface area contributed by atoms with Gasteiger partial charge in [-0.2, -0.15) is 0 Å². The molecule has 0 aromatic heterocycles. The van der Waals surface area contributed by atoms with E-state index in [0.29, 0.717) is 13.1 Å². The van der Waals surface area contributed by atoms with Crippen molar-refractivity contribution >= 4 is 24.2 Å². The van der Waals surface area contributed by atoms with Crippen LogP contribution in [0.15, 0.2) is 0 Å². The predicted octanol–water partition coefficient (Wildman–Crippen LogP) is -0.469. The minimum absolute atomic E-state index is 0. The molecule has 0 fully saturated rings. The van der Waals surface area contributed by atoms with Crippen LogP contribution in [0.25, 0.3) is 0 Å². The largest absolute Gasteiger partial charge is 0.375 e. The molecule has 6 nitrogen and oxygen atoms in total. The van der Waals surface area contributed by atoms with Gasteiger partial charge in [0.2, 0.25) is 11.8 Å². The predicted molar refractivity (Wildman–Crippen MR) is 72.8 cm³/mol. The fraction of sp³-hybridized carbons (Fsp3) is 0.818. The highest BCUT2D eigenvalue weighted by atomic mass is 35.5. The molecule has 0 unspecified atom stereocenters. The summed E-state index contributed by atoms with van der Waals surface area (Å²) in [6, 6.07) is -0.519. The molecule has 7 heteroatoms. The Morgan fingerprint density at radius 2 is 1.83 bits per heavy atom. The lowest BCUT2D eigenvalue weighted by Gasteiger charge is -2.21. The van der Waals surface area contributed by atoms with Crippen LogP contribution in [0, 0.1) is 5.92 Å². The number of carbonyl (C=O) groups excluding carboxylic acids is 2. The molecule has 1 atom stereocenters. The Labute approximate surface area is 115 Å². The summed E-state index contributed by atoms with van der Waals surface area (Å²) in [5, 5.41) is 8.33. The van der Waals surface area contributed by atoms with Crippen molar-refractivity contribution in [3.05, 3.63) is 0 Å². The monoisotopic (exact) mass is 281 g/mol. The van der Waals surface area contributed by atoms with Crippen LogP contribution in [0.3, 0.4) is 0 Å². The van der Waals surface area contributed by atoms with Gasteiger partial charge in [0.05, 0.1) is 0 Å². The second-order valence-electron chi connectivity index (χ2n) is 4.12. The zero-order chi connectivity index (χ0) is 13.3. The minimum Gasteiger partial charge on any atom is -0.375 e. The number of hydrogen-bond donors (Lipinski definition) is 3. The van der Waals surface area contributed by atoms with Gasteiger partial charge in [0, 0.05) is 20.2 Å². The minimum atomic E-state index is -0.519. The lowest BCUT2D eigenvalue weighted by molar-refractivity contribution is -0.131. The maximum absolute atomic E-state index is 11.8. The van der Waals surface area contributed by atoms with E-state index < -0.39 is 6.04 Å². The summed E-state index contributed by atoms with van der Waals surface area (Å²) >= 11 is 0. The average Bonchev–Trinajstić information content (AvgIpc) is 2.26. The number of amides is 2. The molecule has 2 amide bonds. The van der Waals surface area contributed by atoms with Gasteiger partial charge < -0.3 is 20.7 Å². The quantitative estimate of drug-likeness (QED) is 0.526. The lowest BCUT2D eigenvalue weighted by Crippen LogP contribution is -2.51. The van der Waals surface area contributed by atoms with Gasteiger partial charge >= 0.3 is 0 Å². The molecule has 0 aromatic rings. The van der Waals surface area contributed by atoms with E-state index in [9.17, 15) is 9.59 Å². The Morgan fingerprint density at radius 1 is 1.22 bits per heavy atom. The fourth-order valence-corrected chi connectivity index (χ4v) is 1.30. The molecule has 0 aromatic carbocycles. The number of rotatable bonds is 8. The van der Waals surface area contributed by atoms with Crippen molar-refractivity contribution in [2.75, 3.05) is 33.9 Å². The maximum Gasteiger partial charge on any atom is 0.246 e. The van der Waals surface area contributed by atoms with Crippen molar-refractivity contribution in [3.63, 3.8) is 0 Å². The van der Waals surface area contributed by atoms with E-state index in [1.807, 2.05) is 20.9 Å². The van der Waals surface area contributed by atoms with Gasteiger partial charge in [-0.1, -0.05) is 13.8 Å². The molecule has 0 aliphatic rings. The third-order valence-corrected chi connectivity index (χ3v) is 2.22. The summed E-state index contributed by atoms with van der Waals surface area (Å²) in [7, 11) is 3.25. The van der Waals surface area contributed by atoms with Crippen molar-refractivity contribution < 1.29 is 14.3 Å². The normalized spacial score (nSPS) is 11.6. The first-order chi connectivity index (χ1) is 8.02. The number of hydrogen-bond acceptors (Lipinski definition) is 4. The highest BCUT2D eigenvalue weighted by molar-refractivity contribution is 5.88. The number of carbonyl (C=O) groups is 2. The summed E-state index contributed by atoms with van der Waals surface area (Å²) in [6.45, 7) is 4.97. The van der Waals surface area contributed by atoms with Crippen molar-refractivity contribution in [1.82, 2.24) is 16.0 Å². The molecule has 0 saturated heterocycles. The van der Waals surface area contributed by atoms with Crippen LogP contribution in [-0.2, 0) is 14.3 Å². The molecular weight excluding hydrogens is 258 g/mol. The SMILES string of the molecule is CNCCNC(=O)[C@@H](NC(=O)COC)C(C)C.Cl. The number of methoxy groups -OCH3 is 1. The van der Waals surface area contributed by atoms with Crippen molar-refractivity contribution in [2.24, 2.45) is 5.92 Å². The highest BCUT2D eigenvalue weighted by Gasteiger charge is 2.23. The van der Waals surface area contributed by atoms with Crippen LogP contribution in [0.4, 0.5) is 0 Å². The van der Waals surface area contributed by atoms with E-state index in [-0.39, 0.29) is 36.7 Å². The molecule has 0 spiro atoms. The van der Waals surface area contributed by atoms with Crippen molar-refractivity contribution in [2.45, 2.75) is 19.9 Å². The van der Waals surface area contributed by atoms with Crippen LogP contribution in [-0.4, -0.2) is 51.7 Å². The maximum atomic E-state index is 11.8. The third kappa shape index (κ3) is 8.27. The van der Waals surface area contributed by atoms with Crippen molar-refractivity contribution in [1.29, 1.82) is 0 Å². The molecule has 3 N–H and O–H groups in total. The zero-order valence-corrected chi connectivity index (χ0v) is 12.2. The third-order valence-electron chi connectivity index (χ3n) is 2.22. The van der Waals surface area contributed by atoms with E-state index in [4.69, 9.17) is 4.74 Å². The number of likely N-dealkylation sites (N-methyl/N-ethyl adjacent to an activating group) is 1. The smallest absolute Gasteiger partial charge is 0.246 e. The highest BCUT2D eigenvalue weighted by Crippen LogP contribution is 2.01. The Balaban J connectivity index is 0. The fourth-order valence-electron chi connectivity index (χ4n) is 1.30. The molecule has 0 radical (unpaired) electrons.